The first-order chi connectivity index (χ1) is 18.0. The van der Waals surface area contributed by atoms with Gasteiger partial charge >= 0.3 is 6.09 Å². The van der Waals surface area contributed by atoms with Gasteiger partial charge in [-0.2, -0.15) is 4.98 Å². The number of piperazine rings is 1. The number of anilines is 2. The Morgan fingerprint density at radius 1 is 1.05 bits per heavy atom. The maximum atomic E-state index is 15.0. The average molecular weight is 500 g/mol. The molecule has 0 spiro atoms. The molecule has 4 heterocycles. The summed E-state index contributed by atoms with van der Waals surface area (Å²) in [4.78, 5) is 28.0. The second kappa shape index (κ2) is 9.20. The van der Waals surface area contributed by atoms with Gasteiger partial charge in [0.25, 0.3) is 5.62 Å². The number of carbonyl (C=O) groups is 1. The van der Waals surface area contributed by atoms with Crippen molar-refractivity contribution in [1.29, 1.82) is 0 Å². The van der Waals surface area contributed by atoms with Gasteiger partial charge in [-0.3, -0.25) is 0 Å². The number of nitrogens with one attached hydrogen (secondary N) is 1. The highest BCUT2D eigenvalue weighted by molar-refractivity contribution is 5.83. The predicted molar refractivity (Wildman–Crippen MR) is 139 cm³/mol. The number of hydrogen-bond donors (Lipinski definition) is 2. The Labute approximate surface area is 212 Å². The molecule has 9 nitrogen and oxygen atoms in total. The van der Waals surface area contributed by atoms with Crippen LogP contribution in [0.4, 0.5) is 26.4 Å². The molecule has 37 heavy (non-hydrogen) atoms. The Hall–Kier alpha value is -4.47. The van der Waals surface area contributed by atoms with Crippen molar-refractivity contribution in [2.45, 2.75) is 13.5 Å². The molecule has 188 valence electrons. The zero-order valence-electron chi connectivity index (χ0n) is 20.4. The van der Waals surface area contributed by atoms with Gasteiger partial charge in [-0.05, 0) is 42.3 Å². The predicted octanol–water partition coefficient (Wildman–Crippen LogP) is 3.96. The zero-order chi connectivity index (χ0) is 25.5. The monoisotopic (exact) mass is 499 g/mol. The van der Waals surface area contributed by atoms with Crippen molar-refractivity contribution in [2.24, 2.45) is 4.99 Å². The SMILES string of the molecule is Cc1ccccc1-c1cc2cnc(=Nc3ccc(N4CCN(C(=O)O)CC4)cc3F)nc-2n2c1NCC2. The maximum absolute atomic E-state index is 15.0. The van der Waals surface area contributed by atoms with E-state index in [4.69, 9.17) is 5.11 Å². The second-order valence-corrected chi connectivity index (χ2v) is 9.25. The number of carboxylic acid groups (broad SMARTS) is 1. The summed E-state index contributed by atoms with van der Waals surface area (Å²) in [6.45, 7) is 5.45. The number of rotatable bonds is 3. The number of nitrogens with zero attached hydrogens (tertiary/aromatic N) is 6. The third kappa shape index (κ3) is 4.24. The Kier molecular flexibility index (Phi) is 5.71. The number of amides is 1. The van der Waals surface area contributed by atoms with Crippen LogP contribution in [0, 0.1) is 12.7 Å². The molecule has 0 unspecified atom stereocenters. The molecule has 2 N–H and O–H groups in total. The average Bonchev–Trinajstić information content (AvgIpc) is 3.40. The van der Waals surface area contributed by atoms with E-state index >= 15 is 4.39 Å². The van der Waals surface area contributed by atoms with Gasteiger partial charge in [-0.1, -0.05) is 24.3 Å². The number of aryl methyl sites for hydroxylation is 1. The molecule has 0 aliphatic carbocycles. The first-order valence-corrected chi connectivity index (χ1v) is 12.3. The highest BCUT2D eigenvalue weighted by Crippen LogP contribution is 2.37. The molecular weight excluding hydrogens is 473 g/mol. The smallest absolute Gasteiger partial charge is 0.407 e. The van der Waals surface area contributed by atoms with Crippen LogP contribution in [0.3, 0.4) is 0 Å². The fourth-order valence-electron chi connectivity index (χ4n) is 5.04. The lowest BCUT2D eigenvalue weighted by molar-refractivity contribution is 0.142. The molecule has 0 atom stereocenters. The summed E-state index contributed by atoms with van der Waals surface area (Å²) in [7, 11) is 0. The van der Waals surface area contributed by atoms with E-state index in [1.807, 2.05) is 17.0 Å². The van der Waals surface area contributed by atoms with Crippen molar-refractivity contribution in [3.63, 3.8) is 0 Å². The van der Waals surface area contributed by atoms with Crippen LogP contribution in [0.1, 0.15) is 5.56 Å². The second-order valence-electron chi connectivity index (χ2n) is 9.25. The molecule has 1 saturated heterocycles. The molecule has 0 bridgehead atoms. The van der Waals surface area contributed by atoms with Crippen molar-refractivity contribution in [3.05, 3.63) is 71.7 Å². The van der Waals surface area contributed by atoms with Crippen LogP contribution in [-0.4, -0.2) is 63.4 Å². The third-order valence-corrected chi connectivity index (χ3v) is 6.99. The van der Waals surface area contributed by atoms with Crippen LogP contribution in [0.2, 0.25) is 0 Å². The molecule has 10 heteroatoms. The van der Waals surface area contributed by atoms with Gasteiger partial charge in [0.15, 0.2) is 5.82 Å². The van der Waals surface area contributed by atoms with E-state index in [9.17, 15) is 4.79 Å². The molecule has 1 fully saturated rings. The van der Waals surface area contributed by atoms with Gasteiger partial charge in [-0.15, -0.1) is 0 Å². The first kappa shape index (κ1) is 23.0. The summed E-state index contributed by atoms with van der Waals surface area (Å²) in [5.74, 6) is 1.28. The Balaban J connectivity index is 1.33. The molecule has 6 rings (SSSR count). The third-order valence-electron chi connectivity index (χ3n) is 6.99. The van der Waals surface area contributed by atoms with Crippen molar-refractivity contribution < 1.29 is 14.3 Å². The minimum Gasteiger partial charge on any atom is -0.465 e. The van der Waals surface area contributed by atoms with Crippen LogP contribution >= 0.6 is 0 Å². The van der Waals surface area contributed by atoms with Gasteiger partial charge in [0.2, 0.25) is 0 Å². The van der Waals surface area contributed by atoms with Crippen molar-refractivity contribution >= 4 is 23.3 Å². The number of hydrogen-bond acceptors (Lipinski definition) is 6. The molecule has 0 saturated carbocycles. The molecule has 0 radical (unpaired) electrons. The highest BCUT2D eigenvalue weighted by Gasteiger charge is 2.23. The van der Waals surface area contributed by atoms with Gasteiger partial charge in [0, 0.05) is 62.3 Å². The van der Waals surface area contributed by atoms with E-state index in [0.717, 1.165) is 41.4 Å². The van der Waals surface area contributed by atoms with Crippen LogP contribution < -0.4 is 15.8 Å². The van der Waals surface area contributed by atoms with E-state index in [0.29, 0.717) is 31.9 Å². The Morgan fingerprint density at radius 3 is 2.62 bits per heavy atom. The molecule has 2 aromatic rings. The standard InChI is InChI=1S/C27H26FN7O2/c1-17-4-2-3-5-20(17)21-14-18-16-30-26(32-24(18)35-9-8-29-25(21)35)31-23-7-6-19(15-22(23)28)33-10-12-34(13-11-33)27(36)37/h2-7,14-16,29H,8-13H2,1H3,(H,36,37). The fourth-order valence-corrected chi connectivity index (χ4v) is 5.04. The van der Waals surface area contributed by atoms with Crippen LogP contribution in [-0.2, 0) is 6.54 Å². The van der Waals surface area contributed by atoms with Crippen LogP contribution in [0.25, 0.3) is 22.5 Å². The van der Waals surface area contributed by atoms with Crippen LogP contribution in [0.5, 0.6) is 0 Å². The summed E-state index contributed by atoms with van der Waals surface area (Å²) < 4.78 is 17.1. The molecule has 4 aliphatic heterocycles. The molecule has 4 aliphatic rings. The summed E-state index contributed by atoms with van der Waals surface area (Å²) in [5.41, 5.74) is 5.38. The summed E-state index contributed by atoms with van der Waals surface area (Å²) in [6.07, 6.45) is 0.810. The summed E-state index contributed by atoms with van der Waals surface area (Å²) in [6, 6.07) is 15.2. The number of pyridine rings is 1. The number of aromatic nitrogens is 3. The van der Waals surface area contributed by atoms with E-state index in [-0.39, 0.29) is 11.3 Å². The number of halogens is 1. The normalized spacial score (nSPS) is 15.7. The van der Waals surface area contributed by atoms with Crippen molar-refractivity contribution in [1.82, 2.24) is 19.4 Å². The zero-order valence-corrected chi connectivity index (χ0v) is 20.4. The lowest BCUT2D eigenvalue weighted by atomic mass is 9.99. The van der Waals surface area contributed by atoms with E-state index in [2.05, 4.69) is 50.0 Å². The minimum absolute atomic E-state index is 0.156. The van der Waals surface area contributed by atoms with E-state index in [1.54, 1.807) is 18.3 Å². The van der Waals surface area contributed by atoms with Crippen LogP contribution in [0.15, 0.2) is 59.7 Å². The van der Waals surface area contributed by atoms with Crippen molar-refractivity contribution in [3.8, 4) is 22.5 Å². The molecule has 1 amide bonds. The Morgan fingerprint density at radius 2 is 1.86 bits per heavy atom. The number of benzene rings is 2. The van der Waals surface area contributed by atoms with Gasteiger partial charge in [0.05, 0.1) is 0 Å². The van der Waals surface area contributed by atoms with E-state index in [1.165, 1.54) is 16.5 Å². The largest absolute Gasteiger partial charge is 0.465 e. The highest BCUT2D eigenvalue weighted by atomic mass is 19.1. The lowest BCUT2D eigenvalue weighted by Crippen LogP contribution is -2.48. The topological polar surface area (TPSA) is 98.9 Å². The van der Waals surface area contributed by atoms with Crippen molar-refractivity contribution in [2.75, 3.05) is 42.9 Å². The molecular formula is C27H26FN7O2. The number of fused-ring (bicyclic) bond motifs is 3. The lowest BCUT2D eigenvalue weighted by Gasteiger charge is -2.34. The summed E-state index contributed by atoms with van der Waals surface area (Å²) in [5, 5.41) is 12.6. The van der Waals surface area contributed by atoms with Gasteiger partial charge in [-0.25, -0.2) is 19.2 Å². The van der Waals surface area contributed by atoms with Gasteiger partial charge in [0.1, 0.15) is 17.3 Å². The first-order valence-electron chi connectivity index (χ1n) is 12.3. The van der Waals surface area contributed by atoms with E-state index < -0.39 is 11.9 Å². The molecule has 0 aromatic heterocycles. The minimum atomic E-state index is -0.929. The summed E-state index contributed by atoms with van der Waals surface area (Å²) >= 11 is 0. The maximum Gasteiger partial charge on any atom is 0.407 e. The van der Waals surface area contributed by atoms with Gasteiger partial charge < -0.3 is 24.8 Å². The Bertz CT molecular complexity index is 1540. The molecule has 2 aromatic carbocycles. The fraction of sp³-hybridized carbons (Fsp3) is 0.259. The quantitative estimate of drug-likeness (QED) is 0.443.